The molecule has 0 radical (unpaired) electrons. The molecule has 426 valence electrons. The van der Waals surface area contributed by atoms with Crippen LogP contribution in [0.15, 0.2) is 376 Å². The van der Waals surface area contributed by atoms with Gasteiger partial charge in [-0.15, -0.1) is 0 Å². The summed E-state index contributed by atoms with van der Waals surface area (Å²) < 4.78 is 0. The second-order valence-corrected chi connectivity index (χ2v) is 22.6. The highest BCUT2D eigenvalue weighted by Gasteiger charge is 2.19. The maximum Gasteiger partial charge on any atom is 0.0468 e. The lowest BCUT2D eigenvalue weighted by Gasteiger charge is -2.27. The van der Waals surface area contributed by atoms with Gasteiger partial charge in [0.05, 0.1) is 0 Å². The first-order valence-corrected chi connectivity index (χ1v) is 30.7. The number of anilines is 12. The van der Waals surface area contributed by atoms with Crippen LogP contribution in [0.5, 0.6) is 0 Å². The van der Waals surface area contributed by atoms with E-state index in [2.05, 4.69) is 396 Å². The van der Waals surface area contributed by atoms with E-state index in [-0.39, 0.29) is 0 Å². The first kappa shape index (κ1) is 54.7. The Morgan fingerprint density at radius 1 is 0.122 bits per heavy atom. The maximum atomic E-state index is 2.35. The van der Waals surface area contributed by atoms with E-state index in [0.29, 0.717) is 0 Å². The SMILES string of the molecule is c1ccc(-c2ccc(N(c3ccccc3)c3ccc(-c4ccc(N(c5ccccc5)c5ccc6c(ccc7cc(N(c8ccccc8)c8ccc(-c9ccc(N(c%10ccccc%10)c%10ccc(-c%11ccccc%11)cc%10)cc9)cc8)ccc76)c5)cc4)cc3)cc2)cc1. The smallest absolute Gasteiger partial charge is 0.0468 e. The molecule has 0 aliphatic carbocycles. The third-order valence-electron chi connectivity index (χ3n) is 17.0. The molecule has 0 spiro atoms. The van der Waals surface area contributed by atoms with E-state index < -0.39 is 0 Å². The van der Waals surface area contributed by atoms with Crippen LogP contribution in [0.1, 0.15) is 0 Å². The van der Waals surface area contributed by atoms with Crippen molar-refractivity contribution in [2.45, 2.75) is 0 Å². The molecule has 0 aliphatic heterocycles. The van der Waals surface area contributed by atoms with Crippen LogP contribution >= 0.6 is 0 Å². The average Bonchev–Trinajstić information content (AvgIpc) is 0.995. The van der Waals surface area contributed by atoms with Gasteiger partial charge in [-0.2, -0.15) is 0 Å². The summed E-state index contributed by atoms with van der Waals surface area (Å²) in [4.78, 5) is 9.34. The van der Waals surface area contributed by atoms with Crippen LogP contribution in [0.25, 0.3) is 66.1 Å². The molecule has 0 aliphatic rings. The lowest BCUT2D eigenvalue weighted by atomic mass is 9.99. The Morgan fingerprint density at radius 2 is 0.289 bits per heavy atom. The monoisotopic (exact) mass is 1150 g/mol. The lowest BCUT2D eigenvalue weighted by molar-refractivity contribution is 1.28. The molecule has 0 aromatic heterocycles. The summed E-state index contributed by atoms with van der Waals surface area (Å²) in [6, 6.07) is 135. The zero-order valence-electron chi connectivity index (χ0n) is 49.6. The van der Waals surface area contributed by atoms with Gasteiger partial charge in [-0.1, -0.05) is 231 Å². The highest BCUT2D eigenvalue weighted by Crippen LogP contribution is 2.43. The summed E-state index contributed by atoms with van der Waals surface area (Å²) in [6.45, 7) is 0. The number of benzene rings is 15. The molecule has 4 heteroatoms. The Bertz CT molecular complexity index is 4540. The lowest BCUT2D eigenvalue weighted by Crippen LogP contribution is -2.10. The Kier molecular flexibility index (Phi) is 15.0. The Hall–Kier alpha value is -12.0. The highest BCUT2D eigenvalue weighted by atomic mass is 15.2. The van der Waals surface area contributed by atoms with Crippen LogP contribution < -0.4 is 19.6 Å². The minimum atomic E-state index is 1.08. The van der Waals surface area contributed by atoms with Crippen molar-refractivity contribution in [1.29, 1.82) is 0 Å². The fourth-order valence-corrected chi connectivity index (χ4v) is 12.5. The van der Waals surface area contributed by atoms with E-state index >= 15 is 0 Å². The fourth-order valence-electron chi connectivity index (χ4n) is 12.5. The summed E-state index contributed by atoms with van der Waals surface area (Å²) in [5.74, 6) is 0. The van der Waals surface area contributed by atoms with E-state index in [0.717, 1.165) is 90.5 Å². The van der Waals surface area contributed by atoms with Gasteiger partial charge >= 0.3 is 0 Å². The third-order valence-corrected chi connectivity index (χ3v) is 17.0. The van der Waals surface area contributed by atoms with Gasteiger partial charge in [0.15, 0.2) is 0 Å². The van der Waals surface area contributed by atoms with Crippen molar-refractivity contribution in [1.82, 2.24) is 0 Å². The largest absolute Gasteiger partial charge is 0.311 e. The molecule has 0 saturated heterocycles. The van der Waals surface area contributed by atoms with Crippen LogP contribution in [0.3, 0.4) is 0 Å². The zero-order valence-corrected chi connectivity index (χ0v) is 49.6. The molecule has 0 bridgehead atoms. The minimum absolute atomic E-state index is 1.08. The molecule has 4 nitrogen and oxygen atoms in total. The predicted octanol–water partition coefficient (Wildman–Crippen LogP) is 24.5. The van der Waals surface area contributed by atoms with Gasteiger partial charge in [0.2, 0.25) is 0 Å². The fraction of sp³-hybridized carbons (Fsp3) is 0. The molecular formula is C86H62N4. The van der Waals surface area contributed by atoms with Gasteiger partial charge in [-0.05, 0) is 212 Å². The topological polar surface area (TPSA) is 13.0 Å². The van der Waals surface area contributed by atoms with Gasteiger partial charge < -0.3 is 19.6 Å². The molecule has 0 atom stereocenters. The Balaban J connectivity index is 0.686. The highest BCUT2D eigenvalue weighted by molar-refractivity contribution is 6.10. The number of fused-ring (bicyclic) bond motifs is 3. The van der Waals surface area contributed by atoms with Crippen LogP contribution in [0.4, 0.5) is 68.2 Å². The van der Waals surface area contributed by atoms with Crippen LogP contribution in [0.2, 0.25) is 0 Å². The van der Waals surface area contributed by atoms with E-state index in [4.69, 9.17) is 0 Å². The van der Waals surface area contributed by atoms with Gasteiger partial charge in [0.25, 0.3) is 0 Å². The van der Waals surface area contributed by atoms with Crippen LogP contribution in [0, 0.1) is 0 Å². The molecule has 0 N–H and O–H groups in total. The molecule has 0 heterocycles. The van der Waals surface area contributed by atoms with Gasteiger partial charge in [0, 0.05) is 68.2 Å². The van der Waals surface area contributed by atoms with Crippen molar-refractivity contribution >= 4 is 89.8 Å². The molecular weight excluding hydrogens is 1090 g/mol. The Morgan fingerprint density at radius 3 is 0.511 bits per heavy atom. The normalized spacial score (nSPS) is 11.1. The Labute approximate surface area is 527 Å². The number of nitrogens with zero attached hydrogens (tertiary/aromatic N) is 4. The van der Waals surface area contributed by atoms with Crippen LogP contribution in [-0.2, 0) is 0 Å². The standard InChI is InChI=1S/C86H62N4/c1-7-19-63(20-8-1)65-33-45-77(46-34-65)87(73-23-11-3-12-24-73)79-49-37-67(38-50-79)69-41-53-81(54-42-69)89(75-27-15-5-16-28-75)83-57-59-85-71(61-83)31-32-72-62-84(58-60-86(72)85)90(76-29-17-6-18-30-76)82-55-43-70(44-56-82)68-39-51-80(52-40-68)88(74-25-13-4-14-26-74)78-47-35-66(36-48-78)64-21-9-2-10-22-64/h1-62H. The van der Waals surface area contributed by atoms with Gasteiger partial charge in [0.1, 0.15) is 0 Å². The van der Waals surface area contributed by atoms with Crippen LogP contribution in [-0.4, -0.2) is 0 Å². The van der Waals surface area contributed by atoms with E-state index in [1.807, 2.05) is 0 Å². The quantitative estimate of drug-likeness (QED) is 0.0894. The van der Waals surface area contributed by atoms with Gasteiger partial charge in [-0.3, -0.25) is 0 Å². The molecule has 15 aromatic rings. The van der Waals surface area contributed by atoms with E-state index in [1.165, 1.54) is 43.8 Å². The number of para-hydroxylation sites is 4. The van der Waals surface area contributed by atoms with E-state index in [9.17, 15) is 0 Å². The minimum Gasteiger partial charge on any atom is -0.311 e. The third kappa shape index (κ3) is 11.2. The first-order valence-electron chi connectivity index (χ1n) is 30.7. The van der Waals surface area contributed by atoms with Crippen molar-refractivity contribution in [3.63, 3.8) is 0 Å². The first-order chi connectivity index (χ1) is 44.6. The van der Waals surface area contributed by atoms with Gasteiger partial charge in [-0.25, -0.2) is 0 Å². The average molecular weight is 1150 g/mol. The summed E-state index contributed by atoms with van der Waals surface area (Å²) in [6.07, 6.45) is 0. The predicted molar refractivity (Wildman–Crippen MR) is 382 cm³/mol. The number of hydrogen-bond acceptors (Lipinski definition) is 4. The summed E-state index contributed by atoms with van der Waals surface area (Å²) in [5, 5.41) is 4.77. The second kappa shape index (κ2) is 24.8. The molecule has 15 aromatic carbocycles. The van der Waals surface area contributed by atoms with E-state index in [1.54, 1.807) is 0 Å². The van der Waals surface area contributed by atoms with Crippen molar-refractivity contribution in [2.75, 3.05) is 19.6 Å². The molecule has 0 saturated carbocycles. The van der Waals surface area contributed by atoms with Crippen molar-refractivity contribution in [3.05, 3.63) is 376 Å². The second-order valence-electron chi connectivity index (χ2n) is 22.6. The number of rotatable bonds is 16. The number of hydrogen-bond donors (Lipinski definition) is 0. The summed E-state index contributed by atoms with van der Waals surface area (Å²) in [5.41, 5.74) is 22.6. The van der Waals surface area contributed by atoms with Crippen molar-refractivity contribution < 1.29 is 0 Å². The van der Waals surface area contributed by atoms with Crippen molar-refractivity contribution in [3.8, 4) is 44.5 Å². The molecule has 0 unspecified atom stereocenters. The molecule has 0 amide bonds. The molecule has 0 fully saturated rings. The molecule has 90 heavy (non-hydrogen) atoms. The van der Waals surface area contributed by atoms with Crippen molar-refractivity contribution in [2.24, 2.45) is 0 Å². The summed E-state index contributed by atoms with van der Waals surface area (Å²) >= 11 is 0. The summed E-state index contributed by atoms with van der Waals surface area (Å²) in [7, 11) is 0. The zero-order chi connectivity index (χ0) is 60.0. The molecule has 15 rings (SSSR count). The maximum absolute atomic E-state index is 2.35.